The normalized spacial score (nSPS) is 10.7. The highest BCUT2D eigenvalue weighted by atomic mass is 79.9. The lowest BCUT2D eigenvalue weighted by molar-refractivity contribution is 0.560. The number of rotatable bonds is 2. The molecule has 0 spiro atoms. The molecule has 0 bridgehead atoms. The van der Waals surface area contributed by atoms with E-state index < -0.39 is 11.4 Å². The van der Waals surface area contributed by atoms with Crippen LogP contribution in [0.3, 0.4) is 0 Å². The lowest BCUT2D eigenvalue weighted by atomic mass is 10.1. The molecule has 3 aromatic rings. The molecule has 25 heavy (non-hydrogen) atoms. The van der Waals surface area contributed by atoms with Gasteiger partial charge in [-0.1, -0.05) is 15.9 Å². The Kier molecular flexibility index (Phi) is 5.21. The Bertz CT molecular complexity index is 1030. The predicted octanol–water partition coefficient (Wildman–Crippen LogP) is 5.57. The summed E-state index contributed by atoms with van der Waals surface area (Å²) < 4.78 is 20.4. The first-order chi connectivity index (χ1) is 11.8. The second-order valence-electron chi connectivity index (χ2n) is 5.28. The van der Waals surface area contributed by atoms with E-state index in [1.165, 1.54) is 12.1 Å². The van der Waals surface area contributed by atoms with Crippen LogP contribution in [-0.4, -0.2) is 5.11 Å². The molecule has 1 aromatic heterocycles. The van der Waals surface area contributed by atoms with Gasteiger partial charge in [0.1, 0.15) is 11.4 Å². The standard InChI is InChI=1S/C17H11Br2FN2O2S/c1-8-4-15(23)24-14-7-10(2-3-11(8)14)21-17(25)22-16-12(19)5-9(18)6-13(16)20/h2-7H,1H3,(H2,21,22,25). The number of aryl methyl sites for hydroxylation is 1. The number of anilines is 2. The highest BCUT2D eigenvalue weighted by Crippen LogP contribution is 2.30. The lowest BCUT2D eigenvalue weighted by Gasteiger charge is -2.13. The molecule has 1 heterocycles. The Morgan fingerprint density at radius 1 is 1.16 bits per heavy atom. The van der Waals surface area contributed by atoms with Crippen molar-refractivity contribution in [3.05, 3.63) is 67.1 Å². The summed E-state index contributed by atoms with van der Waals surface area (Å²) in [6.45, 7) is 1.84. The molecule has 0 fully saturated rings. The maximum absolute atomic E-state index is 14.0. The van der Waals surface area contributed by atoms with Gasteiger partial charge in [0.15, 0.2) is 5.11 Å². The van der Waals surface area contributed by atoms with Gasteiger partial charge in [0.05, 0.1) is 5.69 Å². The third-order valence-corrected chi connectivity index (χ3v) is 4.74. The third-order valence-electron chi connectivity index (χ3n) is 3.45. The van der Waals surface area contributed by atoms with Crippen LogP contribution >= 0.6 is 44.1 Å². The molecular formula is C17H11Br2FN2O2S. The molecule has 0 aliphatic carbocycles. The third kappa shape index (κ3) is 4.08. The quantitative estimate of drug-likeness (QED) is 0.367. The van der Waals surface area contributed by atoms with E-state index in [-0.39, 0.29) is 10.8 Å². The zero-order chi connectivity index (χ0) is 18.1. The molecule has 2 aromatic carbocycles. The summed E-state index contributed by atoms with van der Waals surface area (Å²) in [4.78, 5) is 11.5. The molecule has 3 rings (SSSR count). The van der Waals surface area contributed by atoms with Crippen LogP contribution in [0.5, 0.6) is 0 Å². The first-order valence-electron chi connectivity index (χ1n) is 7.10. The van der Waals surface area contributed by atoms with Gasteiger partial charge in [-0.05, 0) is 64.9 Å². The summed E-state index contributed by atoms with van der Waals surface area (Å²) in [6, 6.07) is 9.79. The fourth-order valence-corrected chi connectivity index (χ4v) is 3.83. The van der Waals surface area contributed by atoms with Crippen LogP contribution < -0.4 is 16.3 Å². The minimum atomic E-state index is -0.453. The minimum Gasteiger partial charge on any atom is -0.423 e. The largest absolute Gasteiger partial charge is 0.423 e. The number of fused-ring (bicyclic) bond motifs is 1. The van der Waals surface area contributed by atoms with Crippen LogP contribution in [-0.2, 0) is 0 Å². The molecule has 0 radical (unpaired) electrons. The van der Waals surface area contributed by atoms with E-state index in [9.17, 15) is 9.18 Å². The van der Waals surface area contributed by atoms with Gasteiger partial charge in [0.2, 0.25) is 0 Å². The molecule has 2 N–H and O–H groups in total. The van der Waals surface area contributed by atoms with Crippen molar-refractivity contribution in [2.24, 2.45) is 0 Å². The van der Waals surface area contributed by atoms with Crippen LogP contribution in [0.15, 0.2) is 54.6 Å². The second kappa shape index (κ2) is 7.23. The zero-order valence-electron chi connectivity index (χ0n) is 12.8. The monoisotopic (exact) mass is 484 g/mol. The predicted molar refractivity (Wildman–Crippen MR) is 109 cm³/mol. The van der Waals surface area contributed by atoms with E-state index in [2.05, 4.69) is 42.5 Å². The molecule has 0 saturated carbocycles. The lowest BCUT2D eigenvalue weighted by Crippen LogP contribution is -2.20. The maximum Gasteiger partial charge on any atom is 0.336 e. The second-order valence-corrected chi connectivity index (χ2v) is 7.46. The Balaban J connectivity index is 1.84. The van der Waals surface area contributed by atoms with Crippen molar-refractivity contribution < 1.29 is 8.81 Å². The Labute approximate surface area is 164 Å². The topological polar surface area (TPSA) is 54.3 Å². The average molecular weight is 486 g/mol. The van der Waals surface area contributed by atoms with E-state index in [0.717, 1.165) is 10.9 Å². The number of thiocarbonyl (C=S) groups is 1. The van der Waals surface area contributed by atoms with E-state index in [4.69, 9.17) is 16.6 Å². The first kappa shape index (κ1) is 18.0. The summed E-state index contributed by atoms with van der Waals surface area (Å²) in [5, 5.41) is 6.80. The van der Waals surface area contributed by atoms with Gasteiger partial charge in [0, 0.05) is 32.2 Å². The molecule has 128 valence electrons. The number of hydrogen-bond donors (Lipinski definition) is 2. The minimum absolute atomic E-state index is 0.205. The van der Waals surface area contributed by atoms with E-state index in [1.54, 1.807) is 18.2 Å². The molecule has 8 heteroatoms. The molecule has 0 aliphatic heterocycles. The van der Waals surface area contributed by atoms with Crippen LogP contribution in [0, 0.1) is 12.7 Å². The summed E-state index contributed by atoms with van der Waals surface area (Å²) in [5.41, 5.74) is 1.72. The van der Waals surface area contributed by atoms with Crippen molar-refractivity contribution in [3.63, 3.8) is 0 Å². The summed E-state index contributed by atoms with van der Waals surface area (Å²) in [5.74, 6) is -0.453. The molecule has 0 unspecified atom stereocenters. The molecular weight excluding hydrogens is 475 g/mol. The smallest absolute Gasteiger partial charge is 0.336 e. The molecule has 0 amide bonds. The van der Waals surface area contributed by atoms with Gasteiger partial charge in [0.25, 0.3) is 0 Å². The van der Waals surface area contributed by atoms with Crippen molar-refractivity contribution in [2.75, 3.05) is 10.6 Å². The fraction of sp³-hybridized carbons (Fsp3) is 0.0588. The van der Waals surface area contributed by atoms with Gasteiger partial charge >= 0.3 is 5.63 Å². The Hall–Kier alpha value is -1.77. The summed E-state index contributed by atoms with van der Waals surface area (Å²) in [7, 11) is 0. The van der Waals surface area contributed by atoms with Crippen molar-refractivity contribution in [3.8, 4) is 0 Å². The van der Waals surface area contributed by atoms with Gasteiger partial charge in [-0.15, -0.1) is 0 Å². The number of hydrogen-bond acceptors (Lipinski definition) is 3. The fourth-order valence-electron chi connectivity index (χ4n) is 2.34. The molecule has 0 atom stereocenters. The van der Waals surface area contributed by atoms with Crippen LogP contribution in [0.2, 0.25) is 0 Å². The van der Waals surface area contributed by atoms with Gasteiger partial charge in [-0.25, -0.2) is 9.18 Å². The van der Waals surface area contributed by atoms with E-state index in [1.807, 2.05) is 13.0 Å². The van der Waals surface area contributed by atoms with Crippen molar-refractivity contribution in [2.45, 2.75) is 6.92 Å². The molecule has 4 nitrogen and oxygen atoms in total. The SMILES string of the molecule is Cc1cc(=O)oc2cc(NC(=S)Nc3c(F)cc(Br)cc3Br)ccc12. The van der Waals surface area contributed by atoms with Crippen molar-refractivity contribution >= 4 is 71.5 Å². The highest BCUT2D eigenvalue weighted by molar-refractivity contribution is 9.11. The summed E-state index contributed by atoms with van der Waals surface area (Å²) in [6.07, 6.45) is 0. The van der Waals surface area contributed by atoms with Crippen molar-refractivity contribution in [1.82, 2.24) is 0 Å². The molecule has 0 saturated heterocycles. The highest BCUT2D eigenvalue weighted by Gasteiger charge is 2.11. The van der Waals surface area contributed by atoms with Gasteiger partial charge < -0.3 is 15.1 Å². The number of halogens is 3. The van der Waals surface area contributed by atoms with Crippen LogP contribution in [0.4, 0.5) is 15.8 Å². The summed E-state index contributed by atoms with van der Waals surface area (Å²) >= 11 is 11.7. The van der Waals surface area contributed by atoms with Crippen LogP contribution in [0.1, 0.15) is 5.56 Å². The first-order valence-corrected chi connectivity index (χ1v) is 9.10. The maximum atomic E-state index is 14.0. The van der Waals surface area contributed by atoms with Gasteiger partial charge in [-0.3, -0.25) is 0 Å². The Morgan fingerprint density at radius 3 is 2.64 bits per heavy atom. The van der Waals surface area contributed by atoms with Gasteiger partial charge in [-0.2, -0.15) is 0 Å². The zero-order valence-corrected chi connectivity index (χ0v) is 16.8. The van der Waals surface area contributed by atoms with E-state index >= 15 is 0 Å². The number of nitrogens with one attached hydrogen (secondary N) is 2. The Morgan fingerprint density at radius 2 is 1.92 bits per heavy atom. The average Bonchev–Trinajstić information content (AvgIpc) is 2.50. The van der Waals surface area contributed by atoms with Crippen LogP contribution in [0.25, 0.3) is 11.0 Å². The molecule has 0 aliphatic rings. The van der Waals surface area contributed by atoms with Crippen molar-refractivity contribution in [1.29, 1.82) is 0 Å². The van der Waals surface area contributed by atoms with E-state index in [0.29, 0.717) is 20.2 Å². The number of benzene rings is 2.